The Hall–Kier alpha value is -3.48. The van der Waals surface area contributed by atoms with Gasteiger partial charge in [0.25, 0.3) is 5.91 Å². The molecular weight excluding hydrogens is 397 g/mol. The zero-order valence-corrected chi connectivity index (χ0v) is 17.1. The molecule has 6 nitrogen and oxygen atoms in total. The van der Waals surface area contributed by atoms with Crippen LogP contribution in [0.25, 0.3) is 0 Å². The predicted molar refractivity (Wildman–Crippen MR) is 112 cm³/mol. The van der Waals surface area contributed by atoms with Gasteiger partial charge in [0.2, 0.25) is 5.91 Å². The highest BCUT2D eigenvalue weighted by Crippen LogP contribution is 2.23. The molecule has 1 aromatic carbocycles. The monoisotopic (exact) mass is 421 g/mol. The first kappa shape index (κ1) is 20.8. The normalized spacial score (nSPS) is 14.4. The zero-order valence-electron chi connectivity index (χ0n) is 17.1. The number of likely N-dealkylation sites (tertiary alicyclic amines) is 1. The van der Waals surface area contributed by atoms with Gasteiger partial charge in [0.1, 0.15) is 11.6 Å². The summed E-state index contributed by atoms with van der Waals surface area (Å²) in [6.45, 7) is 1.82. The van der Waals surface area contributed by atoms with Gasteiger partial charge in [-0.05, 0) is 60.9 Å². The molecule has 0 saturated carbocycles. The van der Waals surface area contributed by atoms with Crippen LogP contribution in [0, 0.1) is 11.7 Å². The lowest BCUT2D eigenvalue weighted by Crippen LogP contribution is -2.44. The molecule has 0 atom stereocenters. The van der Waals surface area contributed by atoms with Crippen molar-refractivity contribution in [1.29, 1.82) is 0 Å². The fourth-order valence-corrected chi connectivity index (χ4v) is 3.88. The van der Waals surface area contributed by atoms with E-state index in [-0.39, 0.29) is 23.5 Å². The van der Waals surface area contributed by atoms with Gasteiger partial charge in [-0.25, -0.2) is 4.39 Å². The van der Waals surface area contributed by atoms with Crippen LogP contribution in [0.2, 0.25) is 0 Å². The highest BCUT2D eigenvalue weighted by molar-refractivity contribution is 5.94. The molecule has 7 heteroatoms. The van der Waals surface area contributed by atoms with Crippen molar-refractivity contribution in [3.8, 4) is 0 Å². The minimum atomic E-state index is -0.369. The number of pyridine rings is 1. The molecular formula is C24H24FN3O3. The molecule has 0 aliphatic carbocycles. The van der Waals surface area contributed by atoms with E-state index in [1.807, 2.05) is 24.3 Å². The lowest BCUT2D eigenvalue weighted by molar-refractivity contribution is -0.138. The third kappa shape index (κ3) is 5.17. The van der Waals surface area contributed by atoms with Crippen LogP contribution in [-0.2, 0) is 17.9 Å². The minimum absolute atomic E-state index is 0.0501. The fraction of sp³-hybridized carbons (Fsp3) is 0.292. The maximum Gasteiger partial charge on any atom is 0.253 e. The van der Waals surface area contributed by atoms with Crippen LogP contribution in [0.1, 0.15) is 34.5 Å². The standard InChI is InChI=1S/C24H24FN3O3/c25-21-7-5-19(6-8-21)23(29)27-12-9-20(10-13-27)24(30)28(17-22-4-2-14-31-22)16-18-3-1-11-26-15-18/h1-8,11,14-15,20H,9-10,12-13,16-17H2. The van der Waals surface area contributed by atoms with Crippen LogP contribution in [0.5, 0.6) is 0 Å². The third-order valence-corrected chi connectivity index (χ3v) is 5.56. The summed E-state index contributed by atoms with van der Waals surface area (Å²) in [6, 6.07) is 13.0. The molecule has 0 N–H and O–H groups in total. The lowest BCUT2D eigenvalue weighted by atomic mass is 9.94. The first-order valence-corrected chi connectivity index (χ1v) is 10.3. The highest BCUT2D eigenvalue weighted by Gasteiger charge is 2.31. The summed E-state index contributed by atoms with van der Waals surface area (Å²) in [4.78, 5) is 33.7. The Kier molecular flexibility index (Phi) is 6.40. The highest BCUT2D eigenvalue weighted by atomic mass is 19.1. The summed E-state index contributed by atoms with van der Waals surface area (Å²) in [5.41, 5.74) is 1.41. The maximum atomic E-state index is 13.3. The summed E-state index contributed by atoms with van der Waals surface area (Å²) in [5.74, 6) is 0.110. The van der Waals surface area contributed by atoms with E-state index in [0.29, 0.717) is 44.6 Å². The SMILES string of the molecule is O=C(c1ccc(F)cc1)N1CCC(C(=O)N(Cc2cccnc2)Cc2ccco2)CC1. The number of hydrogen-bond acceptors (Lipinski definition) is 4. The van der Waals surface area contributed by atoms with Gasteiger partial charge >= 0.3 is 0 Å². The Morgan fingerprint density at radius 2 is 1.84 bits per heavy atom. The van der Waals surface area contributed by atoms with Crippen LogP contribution in [0.15, 0.2) is 71.6 Å². The quantitative estimate of drug-likeness (QED) is 0.606. The number of rotatable bonds is 6. The summed E-state index contributed by atoms with van der Waals surface area (Å²) < 4.78 is 18.6. The van der Waals surface area contributed by atoms with Gasteiger partial charge in [-0.3, -0.25) is 14.6 Å². The molecule has 0 spiro atoms. The third-order valence-electron chi connectivity index (χ3n) is 5.56. The van der Waals surface area contributed by atoms with Crippen molar-refractivity contribution in [3.63, 3.8) is 0 Å². The molecule has 2 amide bonds. The molecule has 4 rings (SSSR count). The van der Waals surface area contributed by atoms with Crippen LogP contribution < -0.4 is 0 Å². The first-order chi connectivity index (χ1) is 15.1. The number of benzene rings is 1. The number of halogens is 1. The van der Waals surface area contributed by atoms with E-state index in [9.17, 15) is 14.0 Å². The Balaban J connectivity index is 1.40. The van der Waals surface area contributed by atoms with Crippen LogP contribution >= 0.6 is 0 Å². The van der Waals surface area contributed by atoms with Crippen molar-refractivity contribution in [2.24, 2.45) is 5.92 Å². The number of carbonyl (C=O) groups is 2. The molecule has 0 unspecified atom stereocenters. The lowest BCUT2D eigenvalue weighted by Gasteiger charge is -2.34. The van der Waals surface area contributed by atoms with Gasteiger partial charge in [0, 0.05) is 43.5 Å². The summed E-state index contributed by atoms with van der Waals surface area (Å²) >= 11 is 0. The second kappa shape index (κ2) is 9.55. The Bertz CT molecular complexity index is 998. The van der Waals surface area contributed by atoms with Gasteiger partial charge < -0.3 is 14.2 Å². The van der Waals surface area contributed by atoms with Crippen LogP contribution in [-0.4, -0.2) is 39.7 Å². The van der Waals surface area contributed by atoms with Gasteiger partial charge in [-0.1, -0.05) is 6.07 Å². The summed E-state index contributed by atoms with van der Waals surface area (Å²) in [5, 5.41) is 0. The Morgan fingerprint density at radius 1 is 1.06 bits per heavy atom. The first-order valence-electron chi connectivity index (χ1n) is 10.3. The molecule has 1 aliphatic heterocycles. The molecule has 2 aromatic heterocycles. The van der Waals surface area contributed by atoms with E-state index >= 15 is 0 Å². The van der Waals surface area contributed by atoms with Crippen LogP contribution in [0.4, 0.5) is 4.39 Å². The summed E-state index contributed by atoms with van der Waals surface area (Å²) in [7, 11) is 0. The predicted octanol–water partition coefficient (Wildman–Crippen LogP) is 3.89. The van der Waals surface area contributed by atoms with Gasteiger partial charge in [0.05, 0.1) is 12.8 Å². The molecule has 0 radical (unpaired) electrons. The molecule has 0 bridgehead atoms. The maximum absolute atomic E-state index is 13.3. The molecule has 3 heterocycles. The number of hydrogen-bond donors (Lipinski definition) is 0. The van der Waals surface area contributed by atoms with Gasteiger partial charge in [-0.15, -0.1) is 0 Å². The van der Waals surface area contributed by atoms with E-state index < -0.39 is 0 Å². The number of amides is 2. The smallest absolute Gasteiger partial charge is 0.253 e. The van der Waals surface area contributed by atoms with E-state index in [1.54, 1.807) is 28.5 Å². The van der Waals surface area contributed by atoms with E-state index in [4.69, 9.17) is 4.42 Å². The fourth-order valence-electron chi connectivity index (χ4n) is 3.88. The largest absolute Gasteiger partial charge is 0.467 e. The van der Waals surface area contributed by atoms with Gasteiger partial charge in [0.15, 0.2) is 0 Å². The molecule has 1 fully saturated rings. The number of aromatic nitrogens is 1. The second-order valence-electron chi connectivity index (χ2n) is 7.71. The molecule has 3 aromatic rings. The minimum Gasteiger partial charge on any atom is -0.467 e. The van der Waals surface area contributed by atoms with E-state index in [2.05, 4.69) is 4.98 Å². The van der Waals surface area contributed by atoms with Crippen molar-refractivity contribution in [3.05, 3.63) is 89.9 Å². The van der Waals surface area contributed by atoms with Crippen molar-refractivity contribution in [2.45, 2.75) is 25.9 Å². The topological polar surface area (TPSA) is 66.7 Å². The summed E-state index contributed by atoms with van der Waals surface area (Å²) in [6.07, 6.45) is 6.24. The number of piperidine rings is 1. The molecule has 1 saturated heterocycles. The Morgan fingerprint density at radius 3 is 2.48 bits per heavy atom. The number of nitrogens with zero attached hydrogens (tertiary/aromatic N) is 3. The van der Waals surface area contributed by atoms with Crippen molar-refractivity contribution in [2.75, 3.05) is 13.1 Å². The van der Waals surface area contributed by atoms with E-state index in [0.717, 1.165) is 11.3 Å². The van der Waals surface area contributed by atoms with Crippen molar-refractivity contribution < 1.29 is 18.4 Å². The Labute approximate surface area is 180 Å². The molecule has 1 aliphatic rings. The van der Waals surface area contributed by atoms with Crippen LogP contribution in [0.3, 0.4) is 0 Å². The average Bonchev–Trinajstić information content (AvgIpc) is 3.32. The van der Waals surface area contributed by atoms with Crippen molar-refractivity contribution >= 4 is 11.8 Å². The number of furan rings is 1. The van der Waals surface area contributed by atoms with E-state index in [1.165, 1.54) is 24.3 Å². The van der Waals surface area contributed by atoms with Crippen molar-refractivity contribution in [1.82, 2.24) is 14.8 Å². The number of carbonyl (C=O) groups excluding carboxylic acids is 2. The second-order valence-corrected chi connectivity index (χ2v) is 7.71. The molecule has 160 valence electrons. The average molecular weight is 421 g/mol. The zero-order chi connectivity index (χ0) is 21.6. The molecule has 31 heavy (non-hydrogen) atoms. The van der Waals surface area contributed by atoms with Gasteiger partial charge in [-0.2, -0.15) is 0 Å².